The summed E-state index contributed by atoms with van der Waals surface area (Å²) in [6.45, 7) is 9.92. The van der Waals surface area contributed by atoms with Crippen molar-refractivity contribution in [2.75, 3.05) is 36.4 Å². The van der Waals surface area contributed by atoms with E-state index >= 15 is 0 Å². The molecular formula is C29H31ClF3N7O4S. The van der Waals surface area contributed by atoms with Crippen molar-refractivity contribution in [1.82, 2.24) is 24.4 Å². The Kier molecular flexibility index (Phi) is 8.70. The Morgan fingerprint density at radius 2 is 1.78 bits per heavy atom. The van der Waals surface area contributed by atoms with Crippen molar-refractivity contribution in [3.05, 3.63) is 49.7 Å². The predicted octanol–water partition coefficient (Wildman–Crippen LogP) is 5.64. The fourth-order valence-corrected chi connectivity index (χ4v) is 6.07. The van der Waals surface area contributed by atoms with Gasteiger partial charge in [-0.25, -0.2) is 19.7 Å². The highest BCUT2D eigenvalue weighted by molar-refractivity contribution is 7.18. The highest BCUT2D eigenvalue weighted by Crippen LogP contribution is 2.34. The number of hydrogen-bond acceptors (Lipinski definition) is 9. The third-order valence-electron chi connectivity index (χ3n) is 7.08. The van der Waals surface area contributed by atoms with Crippen LogP contribution in [0.25, 0.3) is 21.6 Å². The average Bonchev–Trinajstić information content (AvgIpc) is 3.32. The Bertz CT molecular complexity index is 1860. The van der Waals surface area contributed by atoms with E-state index in [1.807, 2.05) is 11.8 Å². The van der Waals surface area contributed by atoms with Gasteiger partial charge in [0.1, 0.15) is 17.8 Å². The summed E-state index contributed by atoms with van der Waals surface area (Å²) in [6.07, 6.45) is -4.70. The molecule has 1 N–H and O–H groups in total. The number of ether oxygens (including phenoxy) is 1. The van der Waals surface area contributed by atoms with Gasteiger partial charge in [-0.2, -0.15) is 13.2 Å². The lowest BCUT2D eigenvalue weighted by molar-refractivity contribution is -0.137. The molecular weight excluding hydrogens is 635 g/mol. The van der Waals surface area contributed by atoms with Crippen molar-refractivity contribution in [3.63, 3.8) is 0 Å². The first-order chi connectivity index (χ1) is 21.1. The summed E-state index contributed by atoms with van der Waals surface area (Å²) < 4.78 is 46.5. The number of nitrogens with one attached hydrogen (secondary N) is 1. The number of anilines is 2. The van der Waals surface area contributed by atoms with Crippen LogP contribution in [0.15, 0.2) is 23.0 Å². The topological polar surface area (TPSA) is 123 Å². The van der Waals surface area contributed by atoms with Gasteiger partial charge >= 0.3 is 12.3 Å². The first-order valence-corrected chi connectivity index (χ1v) is 15.3. The first-order valence-electron chi connectivity index (χ1n) is 14.2. The molecule has 0 bridgehead atoms. The van der Waals surface area contributed by atoms with Crippen molar-refractivity contribution < 1.29 is 27.5 Å². The fraction of sp³-hybridized carbons (Fsp3) is 0.448. The zero-order chi connectivity index (χ0) is 32.8. The van der Waals surface area contributed by atoms with Gasteiger partial charge in [-0.1, -0.05) is 29.9 Å². The van der Waals surface area contributed by atoms with E-state index in [1.54, 1.807) is 37.2 Å². The monoisotopic (exact) mass is 665 g/mol. The van der Waals surface area contributed by atoms with Gasteiger partial charge in [0.25, 0.3) is 0 Å². The number of amides is 2. The third kappa shape index (κ3) is 6.83. The lowest BCUT2D eigenvalue weighted by Crippen LogP contribution is -2.51. The summed E-state index contributed by atoms with van der Waals surface area (Å²) >= 11 is 7.38. The molecule has 0 radical (unpaired) electrons. The van der Waals surface area contributed by atoms with E-state index in [2.05, 4.69) is 20.3 Å². The van der Waals surface area contributed by atoms with Gasteiger partial charge < -0.3 is 24.4 Å². The van der Waals surface area contributed by atoms with Crippen molar-refractivity contribution in [2.24, 2.45) is 0 Å². The average molecular weight is 666 g/mol. The van der Waals surface area contributed by atoms with Crippen LogP contribution >= 0.6 is 22.9 Å². The Hall–Kier alpha value is -3.98. The lowest BCUT2D eigenvalue weighted by atomic mass is 10.1. The number of rotatable bonds is 5. The number of carbonyl (C=O) groups is 2. The SMILES string of the molecule is CCc1c(N2CCN(C(=O)OC(C)(C)C)CC2)c(=O)c2nc3nc(C)sc3nc2n1CC(=O)Nc1ccc(C(F)(F)F)cc1Cl. The number of thiazole rings is 1. The summed E-state index contributed by atoms with van der Waals surface area (Å²) in [5, 5.41) is 3.00. The molecule has 0 saturated carbocycles. The minimum atomic E-state index is -4.59. The molecule has 4 aromatic rings. The maximum atomic E-state index is 14.1. The van der Waals surface area contributed by atoms with E-state index in [0.717, 1.165) is 18.2 Å². The summed E-state index contributed by atoms with van der Waals surface area (Å²) in [6, 6.07) is 2.66. The molecule has 1 fully saturated rings. The van der Waals surface area contributed by atoms with Crippen LogP contribution in [-0.2, 0) is 28.7 Å². The van der Waals surface area contributed by atoms with Gasteiger partial charge in [0.15, 0.2) is 21.6 Å². The number of pyridine rings is 1. The van der Waals surface area contributed by atoms with Crippen LogP contribution in [0, 0.1) is 6.92 Å². The van der Waals surface area contributed by atoms with E-state index in [-0.39, 0.29) is 33.8 Å². The van der Waals surface area contributed by atoms with Crippen LogP contribution in [0.2, 0.25) is 5.02 Å². The number of aromatic nitrogens is 4. The predicted molar refractivity (Wildman–Crippen MR) is 166 cm³/mol. The summed E-state index contributed by atoms with van der Waals surface area (Å²) in [4.78, 5) is 57.6. The molecule has 16 heteroatoms. The zero-order valence-electron chi connectivity index (χ0n) is 25.2. The minimum Gasteiger partial charge on any atom is -0.444 e. The molecule has 5 rings (SSSR count). The number of carbonyl (C=O) groups excluding carboxylic acids is 2. The molecule has 45 heavy (non-hydrogen) atoms. The Morgan fingerprint density at radius 1 is 1.09 bits per heavy atom. The number of piperazine rings is 1. The smallest absolute Gasteiger partial charge is 0.416 e. The number of aryl methyl sites for hydroxylation is 1. The van der Waals surface area contributed by atoms with Crippen LogP contribution in [0.1, 0.15) is 44.0 Å². The van der Waals surface area contributed by atoms with Crippen LogP contribution in [0.5, 0.6) is 0 Å². The molecule has 0 spiro atoms. The fourth-order valence-electron chi connectivity index (χ4n) is 5.12. The van der Waals surface area contributed by atoms with Gasteiger partial charge in [-0.05, 0) is 52.3 Å². The second-order valence-corrected chi connectivity index (χ2v) is 13.1. The van der Waals surface area contributed by atoms with Crippen LogP contribution in [-0.4, -0.2) is 68.2 Å². The normalized spacial score (nSPS) is 14.3. The van der Waals surface area contributed by atoms with E-state index < -0.39 is 29.3 Å². The molecule has 1 aromatic carbocycles. The molecule has 1 aliphatic heterocycles. The van der Waals surface area contributed by atoms with Gasteiger partial charge in [-0.15, -0.1) is 0 Å². The largest absolute Gasteiger partial charge is 0.444 e. The van der Waals surface area contributed by atoms with E-state index in [9.17, 15) is 27.6 Å². The second-order valence-electron chi connectivity index (χ2n) is 11.5. The Labute approximate surface area is 265 Å². The standard InChI is InChI=1S/C29H31ClF3N7O4S/c1-6-19-22(38-9-11-39(12-10-38)27(43)44-28(3,4)5)23(42)21-25(37-26-24(36-21)34-15(2)45-26)40(19)14-20(41)35-18-8-7-16(13-17(18)30)29(31,32)33/h7-8,13H,6,9-12,14H2,1-5H3,(H,35,41). The van der Waals surface area contributed by atoms with Crippen molar-refractivity contribution in [3.8, 4) is 0 Å². The molecule has 1 saturated heterocycles. The Morgan fingerprint density at radius 3 is 2.38 bits per heavy atom. The highest BCUT2D eigenvalue weighted by atomic mass is 35.5. The molecule has 240 valence electrons. The van der Waals surface area contributed by atoms with Crippen molar-refractivity contribution >= 4 is 68.0 Å². The summed E-state index contributed by atoms with van der Waals surface area (Å²) in [7, 11) is 0. The van der Waals surface area contributed by atoms with Crippen molar-refractivity contribution in [1.29, 1.82) is 0 Å². The van der Waals surface area contributed by atoms with Gasteiger partial charge in [0.2, 0.25) is 11.3 Å². The summed E-state index contributed by atoms with van der Waals surface area (Å²) in [5.41, 5.74) is -0.624. The molecule has 0 unspecified atom stereocenters. The molecule has 4 heterocycles. The van der Waals surface area contributed by atoms with E-state index in [4.69, 9.17) is 16.3 Å². The van der Waals surface area contributed by atoms with Gasteiger partial charge in [0.05, 0.1) is 21.3 Å². The maximum absolute atomic E-state index is 14.1. The minimum absolute atomic E-state index is 0.00288. The molecule has 11 nitrogen and oxygen atoms in total. The van der Waals surface area contributed by atoms with Gasteiger partial charge in [-0.3, -0.25) is 9.59 Å². The van der Waals surface area contributed by atoms with Crippen LogP contribution < -0.4 is 15.6 Å². The first kappa shape index (κ1) is 32.4. The van der Waals surface area contributed by atoms with E-state index in [0.29, 0.717) is 59.5 Å². The maximum Gasteiger partial charge on any atom is 0.416 e. The number of halogens is 4. The van der Waals surface area contributed by atoms with Crippen LogP contribution in [0.3, 0.4) is 0 Å². The quantitative estimate of drug-likeness (QED) is 0.291. The highest BCUT2D eigenvalue weighted by Gasteiger charge is 2.32. The number of fused-ring (bicyclic) bond motifs is 2. The third-order valence-corrected chi connectivity index (χ3v) is 8.24. The zero-order valence-corrected chi connectivity index (χ0v) is 26.8. The van der Waals surface area contributed by atoms with E-state index in [1.165, 1.54) is 11.3 Å². The number of alkyl halides is 3. The Balaban J connectivity index is 1.54. The lowest BCUT2D eigenvalue weighted by Gasteiger charge is -2.37. The van der Waals surface area contributed by atoms with Crippen molar-refractivity contribution in [2.45, 2.75) is 59.4 Å². The number of hydrogen-bond donors (Lipinski definition) is 1. The van der Waals surface area contributed by atoms with Gasteiger partial charge in [0, 0.05) is 31.9 Å². The molecule has 2 amide bonds. The number of benzene rings is 1. The summed E-state index contributed by atoms with van der Waals surface area (Å²) in [5.74, 6) is -0.598. The molecule has 3 aromatic heterocycles. The molecule has 0 atom stereocenters. The molecule has 0 aliphatic carbocycles. The molecule has 1 aliphatic rings. The number of nitrogens with zero attached hydrogens (tertiary/aromatic N) is 6. The second kappa shape index (κ2) is 12.1. The van der Waals surface area contributed by atoms with Crippen LogP contribution in [0.4, 0.5) is 29.3 Å².